The quantitative estimate of drug-likeness (QED) is 0.751. The highest BCUT2D eigenvalue weighted by Crippen LogP contribution is 2.21. The van der Waals surface area contributed by atoms with Crippen molar-refractivity contribution in [3.05, 3.63) is 41.0 Å². The fourth-order valence-corrected chi connectivity index (χ4v) is 1.37. The largest absolute Gasteiger partial charge is 0.398 e. The molecule has 0 spiro atoms. The van der Waals surface area contributed by atoms with Crippen molar-refractivity contribution < 1.29 is 0 Å². The number of rotatable bonds is 1. The minimum atomic E-state index is 0.388. The normalized spacial score (nSPS) is 10.3. The summed E-state index contributed by atoms with van der Waals surface area (Å²) in [5, 5.41) is 8.15. The number of nitrogens with zero attached hydrogens (tertiary/aromatic N) is 2. The SMILES string of the molecule is Cc1ccc(-c2ccc(Cl)nn2)cc1N. The topological polar surface area (TPSA) is 51.8 Å². The fraction of sp³-hybridized carbons (Fsp3) is 0.0909. The maximum atomic E-state index is 5.81. The maximum absolute atomic E-state index is 5.81. The van der Waals surface area contributed by atoms with Crippen molar-refractivity contribution in [2.75, 3.05) is 5.73 Å². The molecule has 1 aromatic carbocycles. The molecule has 2 rings (SSSR count). The first kappa shape index (κ1) is 9.93. The first-order valence-electron chi connectivity index (χ1n) is 4.52. The summed E-state index contributed by atoms with van der Waals surface area (Å²) in [6, 6.07) is 9.33. The average Bonchev–Trinajstić information content (AvgIpc) is 2.23. The van der Waals surface area contributed by atoms with Gasteiger partial charge in [0.1, 0.15) is 0 Å². The summed E-state index contributed by atoms with van der Waals surface area (Å²) in [6.07, 6.45) is 0. The van der Waals surface area contributed by atoms with E-state index in [4.69, 9.17) is 17.3 Å². The summed E-state index contributed by atoms with van der Waals surface area (Å²) in [5.74, 6) is 0. The van der Waals surface area contributed by atoms with Crippen molar-refractivity contribution in [1.29, 1.82) is 0 Å². The van der Waals surface area contributed by atoms with Gasteiger partial charge in [-0.1, -0.05) is 23.7 Å². The lowest BCUT2D eigenvalue weighted by molar-refractivity contribution is 1.04. The molecule has 0 aliphatic heterocycles. The first-order valence-corrected chi connectivity index (χ1v) is 4.90. The minimum absolute atomic E-state index is 0.388. The van der Waals surface area contributed by atoms with Crippen molar-refractivity contribution in [1.82, 2.24) is 10.2 Å². The molecule has 0 aliphatic carbocycles. The number of benzene rings is 1. The summed E-state index contributed by atoms with van der Waals surface area (Å²) in [7, 11) is 0. The van der Waals surface area contributed by atoms with Gasteiger partial charge in [-0.3, -0.25) is 0 Å². The molecule has 76 valence electrons. The molecule has 0 saturated carbocycles. The van der Waals surface area contributed by atoms with Crippen LogP contribution < -0.4 is 5.73 Å². The van der Waals surface area contributed by atoms with Crippen LogP contribution in [0.25, 0.3) is 11.3 Å². The number of aromatic nitrogens is 2. The zero-order valence-electron chi connectivity index (χ0n) is 8.24. The Balaban J connectivity index is 2.45. The second-order valence-corrected chi connectivity index (χ2v) is 3.70. The number of nitrogen functional groups attached to an aromatic ring is 1. The minimum Gasteiger partial charge on any atom is -0.398 e. The number of anilines is 1. The summed E-state index contributed by atoms with van der Waals surface area (Å²) < 4.78 is 0. The van der Waals surface area contributed by atoms with Gasteiger partial charge in [-0.05, 0) is 30.7 Å². The molecule has 0 aliphatic rings. The van der Waals surface area contributed by atoms with Gasteiger partial charge in [0.25, 0.3) is 0 Å². The van der Waals surface area contributed by atoms with Crippen LogP contribution in [-0.2, 0) is 0 Å². The lowest BCUT2D eigenvalue weighted by Crippen LogP contribution is -1.92. The van der Waals surface area contributed by atoms with Crippen molar-refractivity contribution in [3.63, 3.8) is 0 Å². The van der Waals surface area contributed by atoms with Crippen molar-refractivity contribution in [3.8, 4) is 11.3 Å². The molecular weight excluding hydrogens is 210 g/mol. The molecule has 3 nitrogen and oxygen atoms in total. The molecule has 1 aromatic heterocycles. The zero-order chi connectivity index (χ0) is 10.8. The lowest BCUT2D eigenvalue weighted by atomic mass is 10.1. The smallest absolute Gasteiger partial charge is 0.151 e. The summed E-state index contributed by atoms with van der Waals surface area (Å²) >= 11 is 5.66. The van der Waals surface area contributed by atoms with Gasteiger partial charge in [-0.2, -0.15) is 0 Å². The van der Waals surface area contributed by atoms with E-state index >= 15 is 0 Å². The molecule has 2 aromatic rings. The summed E-state index contributed by atoms with van der Waals surface area (Å²) in [5.41, 5.74) is 9.34. The van der Waals surface area contributed by atoms with Crippen LogP contribution in [0.15, 0.2) is 30.3 Å². The van der Waals surface area contributed by atoms with Gasteiger partial charge in [0.15, 0.2) is 5.15 Å². The molecule has 1 heterocycles. The number of halogens is 1. The molecule has 0 saturated heterocycles. The Kier molecular flexibility index (Phi) is 2.56. The third-order valence-electron chi connectivity index (χ3n) is 2.21. The number of hydrogen-bond donors (Lipinski definition) is 1. The molecule has 0 atom stereocenters. The van der Waals surface area contributed by atoms with Gasteiger partial charge < -0.3 is 5.73 Å². The molecule has 0 unspecified atom stereocenters. The van der Waals surface area contributed by atoms with E-state index in [-0.39, 0.29) is 0 Å². The number of aryl methyl sites for hydroxylation is 1. The predicted molar refractivity (Wildman–Crippen MR) is 61.6 cm³/mol. The monoisotopic (exact) mass is 219 g/mol. The third-order valence-corrected chi connectivity index (χ3v) is 2.41. The third kappa shape index (κ3) is 2.07. The number of hydrogen-bond acceptors (Lipinski definition) is 3. The van der Waals surface area contributed by atoms with Crippen LogP contribution in [0.5, 0.6) is 0 Å². The second-order valence-electron chi connectivity index (χ2n) is 3.31. The summed E-state index contributed by atoms with van der Waals surface area (Å²) in [4.78, 5) is 0. The molecule has 0 radical (unpaired) electrons. The van der Waals surface area contributed by atoms with Crippen LogP contribution in [0.2, 0.25) is 5.15 Å². The highest BCUT2D eigenvalue weighted by atomic mass is 35.5. The van der Waals surface area contributed by atoms with Gasteiger partial charge in [-0.15, -0.1) is 10.2 Å². The fourth-order valence-electron chi connectivity index (χ4n) is 1.27. The highest BCUT2D eigenvalue weighted by Gasteiger charge is 2.02. The van der Waals surface area contributed by atoms with E-state index in [9.17, 15) is 0 Å². The molecule has 0 bridgehead atoms. The molecule has 4 heteroatoms. The van der Waals surface area contributed by atoms with Gasteiger partial charge in [-0.25, -0.2) is 0 Å². The van der Waals surface area contributed by atoms with Gasteiger partial charge >= 0.3 is 0 Å². The van der Waals surface area contributed by atoms with E-state index in [1.807, 2.05) is 31.2 Å². The average molecular weight is 220 g/mol. The van der Waals surface area contributed by atoms with E-state index in [2.05, 4.69) is 10.2 Å². The van der Waals surface area contributed by atoms with E-state index in [0.717, 1.165) is 22.5 Å². The van der Waals surface area contributed by atoms with Crippen molar-refractivity contribution >= 4 is 17.3 Å². The van der Waals surface area contributed by atoms with E-state index in [0.29, 0.717) is 5.15 Å². The second kappa shape index (κ2) is 3.87. The van der Waals surface area contributed by atoms with Gasteiger partial charge in [0, 0.05) is 11.3 Å². The zero-order valence-corrected chi connectivity index (χ0v) is 8.99. The Bertz CT molecular complexity index is 480. The van der Waals surface area contributed by atoms with Gasteiger partial charge in [0.05, 0.1) is 5.69 Å². The molecule has 2 N–H and O–H groups in total. The van der Waals surface area contributed by atoms with E-state index in [1.165, 1.54) is 0 Å². The van der Waals surface area contributed by atoms with E-state index in [1.54, 1.807) is 6.07 Å². The van der Waals surface area contributed by atoms with Crippen LogP contribution in [-0.4, -0.2) is 10.2 Å². The first-order chi connectivity index (χ1) is 7.16. The van der Waals surface area contributed by atoms with E-state index < -0.39 is 0 Å². The lowest BCUT2D eigenvalue weighted by Gasteiger charge is -2.03. The van der Waals surface area contributed by atoms with Crippen LogP contribution in [0.4, 0.5) is 5.69 Å². The van der Waals surface area contributed by atoms with Crippen LogP contribution in [0, 0.1) is 6.92 Å². The Hall–Kier alpha value is -1.61. The molecule has 0 amide bonds. The Morgan fingerprint density at radius 2 is 1.93 bits per heavy atom. The van der Waals surface area contributed by atoms with Crippen molar-refractivity contribution in [2.24, 2.45) is 0 Å². The van der Waals surface area contributed by atoms with Crippen LogP contribution >= 0.6 is 11.6 Å². The van der Waals surface area contributed by atoms with Crippen molar-refractivity contribution in [2.45, 2.75) is 6.92 Å². The highest BCUT2D eigenvalue weighted by molar-refractivity contribution is 6.29. The molecule has 0 fully saturated rings. The van der Waals surface area contributed by atoms with Crippen LogP contribution in [0.1, 0.15) is 5.56 Å². The molecule has 15 heavy (non-hydrogen) atoms. The standard InChI is InChI=1S/C11H10ClN3/c1-7-2-3-8(6-9(7)13)10-4-5-11(12)15-14-10/h2-6H,13H2,1H3. The number of nitrogens with two attached hydrogens (primary N) is 1. The Morgan fingerprint density at radius 3 is 2.53 bits per heavy atom. The van der Waals surface area contributed by atoms with Gasteiger partial charge in [0.2, 0.25) is 0 Å². The molecular formula is C11H10ClN3. The maximum Gasteiger partial charge on any atom is 0.151 e. The predicted octanol–water partition coefficient (Wildman–Crippen LogP) is 2.69. The summed E-state index contributed by atoms with van der Waals surface area (Å²) in [6.45, 7) is 1.96. The Morgan fingerprint density at radius 1 is 1.13 bits per heavy atom. The van der Waals surface area contributed by atoms with Crippen LogP contribution in [0.3, 0.4) is 0 Å². The Labute approximate surface area is 92.9 Å².